The molecule has 11 unspecified atom stereocenters. The molecule has 2 aliphatic rings. The second-order valence-electron chi connectivity index (χ2n) is 20.8. The van der Waals surface area contributed by atoms with Crippen LogP contribution in [-0.2, 0) is 33.2 Å². The molecule has 0 spiro atoms. The average Bonchev–Trinajstić information content (AvgIpc) is 3.36. The van der Waals surface area contributed by atoms with Gasteiger partial charge in [0, 0.05) is 13.0 Å². The van der Waals surface area contributed by atoms with Crippen molar-refractivity contribution in [1.29, 1.82) is 0 Å². The van der Waals surface area contributed by atoms with Crippen molar-refractivity contribution in [2.45, 2.75) is 319 Å². The fourth-order valence-electron chi connectivity index (χ4n) is 9.64. The molecule has 2 fully saturated rings. The van der Waals surface area contributed by atoms with Gasteiger partial charge in [0.2, 0.25) is 0 Å². The Morgan fingerprint density at radius 1 is 0.414 bits per heavy atom. The third kappa shape index (κ3) is 31.0. The Kier molecular flexibility index (Phi) is 41.2. The molecule has 2 aliphatic heterocycles. The van der Waals surface area contributed by atoms with Gasteiger partial charge in [0.25, 0.3) is 0 Å². The first-order chi connectivity index (χ1) is 34.1. The van der Waals surface area contributed by atoms with E-state index >= 15 is 0 Å². The molecule has 2 rings (SSSR count). The number of ether oxygens (including phenoxy) is 6. The van der Waals surface area contributed by atoms with Crippen LogP contribution in [-0.4, -0.2) is 142 Å². The Bertz CT molecular complexity index is 1170. The Morgan fingerprint density at radius 3 is 1.16 bits per heavy atom. The second-order valence-corrected chi connectivity index (χ2v) is 20.8. The van der Waals surface area contributed by atoms with Crippen LogP contribution >= 0.6 is 0 Å². The third-order valence-electron chi connectivity index (χ3n) is 14.4. The highest BCUT2D eigenvalue weighted by Crippen LogP contribution is 2.27. The highest BCUT2D eigenvalue weighted by molar-refractivity contribution is 5.69. The molecule has 0 saturated carbocycles. The number of aliphatic hydroxyl groups is 7. The van der Waals surface area contributed by atoms with E-state index < -0.39 is 80.7 Å². The molecule has 2 heterocycles. The van der Waals surface area contributed by atoms with Crippen molar-refractivity contribution in [2.24, 2.45) is 0 Å². The lowest BCUT2D eigenvalue weighted by Crippen LogP contribution is -2.61. The first kappa shape index (κ1) is 65.1. The fourth-order valence-corrected chi connectivity index (χ4v) is 9.64. The minimum atomic E-state index is -1.70. The maximum atomic E-state index is 13.0. The van der Waals surface area contributed by atoms with Gasteiger partial charge < -0.3 is 64.2 Å². The minimum Gasteiger partial charge on any atom is -0.457 e. The standard InChI is InChI=1S/C56H108O14/c1-3-5-7-9-11-13-15-17-18-19-20-21-22-23-24-25-26-27-28-30-32-34-36-38-40-65-42-45(68-48(58)39-37-35-33-31-29-16-14-12-10-8-6-4-2)43-66-55-54(64)52(62)50(60)47(70-55)44-67-56-53(63)51(61)49(59)46(41-57)69-56/h45-47,49-57,59-64H,3-44H2,1-2H3. The van der Waals surface area contributed by atoms with Crippen LogP contribution in [0.3, 0.4) is 0 Å². The molecule has 0 radical (unpaired) electrons. The summed E-state index contributed by atoms with van der Waals surface area (Å²) >= 11 is 0. The van der Waals surface area contributed by atoms with Crippen molar-refractivity contribution in [2.75, 3.05) is 33.0 Å². The smallest absolute Gasteiger partial charge is 0.306 e. The van der Waals surface area contributed by atoms with E-state index in [4.69, 9.17) is 28.4 Å². The fraction of sp³-hybridized carbons (Fsp3) is 0.982. The predicted molar refractivity (Wildman–Crippen MR) is 275 cm³/mol. The van der Waals surface area contributed by atoms with Crippen LogP contribution in [0.25, 0.3) is 0 Å². The number of carbonyl (C=O) groups is 1. The van der Waals surface area contributed by atoms with Gasteiger partial charge in [-0.15, -0.1) is 0 Å². The van der Waals surface area contributed by atoms with Gasteiger partial charge in [0.05, 0.1) is 26.4 Å². The van der Waals surface area contributed by atoms with Crippen LogP contribution in [0.15, 0.2) is 0 Å². The summed E-state index contributed by atoms with van der Waals surface area (Å²) in [5, 5.41) is 72.2. The molecule has 0 aromatic heterocycles. The van der Waals surface area contributed by atoms with Crippen LogP contribution in [0, 0.1) is 0 Å². The molecule has 2 saturated heterocycles. The maximum Gasteiger partial charge on any atom is 0.306 e. The zero-order valence-corrected chi connectivity index (χ0v) is 44.5. The van der Waals surface area contributed by atoms with E-state index in [1.54, 1.807) is 0 Å². The van der Waals surface area contributed by atoms with E-state index in [1.807, 2.05) is 0 Å². The molecule has 70 heavy (non-hydrogen) atoms. The Hall–Kier alpha value is -1.01. The van der Waals surface area contributed by atoms with Gasteiger partial charge in [0.1, 0.15) is 54.9 Å². The second kappa shape index (κ2) is 44.3. The van der Waals surface area contributed by atoms with Crippen LogP contribution < -0.4 is 0 Å². The molecule has 0 aromatic rings. The third-order valence-corrected chi connectivity index (χ3v) is 14.4. The minimum absolute atomic E-state index is 0.0706. The summed E-state index contributed by atoms with van der Waals surface area (Å²) in [6, 6.07) is 0. The van der Waals surface area contributed by atoms with Crippen LogP contribution in [0.1, 0.15) is 251 Å². The van der Waals surface area contributed by atoms with E-state index in [2.05, 4.69) is 13.8 Å². The SMILES string of the molecule is CCCCCCCCCCCCCCCCCCCCCCCCCCOCC(COC1OC(COC2OC(CO)C(O)C(O)C2O)C(O)C(O)C1O)OC(=O)CCCCCCCCCCCCCC. The average molecular weight is 1010 g/mol. The van der Waals surface area contributed by atoms with E-state index in [-0.39, 0.29) is 25.6 Å². The van der Waals surface area contributed by atoms with Crippen LogP contribution in [0.5, 0.6) is 0 Å². The Labute approximate surface area is 425 Å². The number of unbranched alkanes of at least 4 members (excludes halogenated alkanes) is 34. The van der Waals surface area contributed by atoms with Gasteiger partial charge in [-0.25, -0.2) is 0 Å². The monoisotopic (exact) mass is 1000 g/mol. The largest absolute Gasteiger partial charge is 0.457 e. The Morgan fingerprint density at radius 2 is 0.757 bits per heavy atom. The number of rotatable bonds is 48. The molecule has 0 aromatic carbocycles. The lowest BCUT2D eigenvalue weighted by molar-refractivity contribution is -0.332. The molecule has 11 atom stereocenters. The summed E-state index contributed by atoms with van der Waals surface area (Å²) in [5.74, 6) is -0.370. The van der Waals surface area contributed by atoms with E-state index in [1.165, 1.54) is 186 Å². The molecular weight excluding hydrogens is 897 g/mol. The molecule has 0 amide bonds. The lowest BCUT2D eigenvalue weighted by Gasteiger charge is -2.42. The zero-order chi connectivity index (χ0) is 50.9. The van der Waals surface area contributed by atoms with Gasteiger partial charge in [-0.05, 0) is 12.8 Å². The van der Waals surface area contributed by atoms with Gasteiger partial charge in [-0.2, -0.15) is 0 Å². The topological polar surface area (TPSA) is 214 Å². The zero-order valence-electron chi connectivity index (χ0n) is 44.5. The number of aliphatic hydroxyl groups excluding tert-OH is 7. The maximum absolute atomic E-state index is 13.0. The molecule has 14 nitrogen and oxygen atoms in total. The number of esters is 1. The molecule has 0 bridgehead atoms. The van der Waals surface area contributed by atoms with Crippen molar-refractivity contribution in [1.82, 2.24) is 0 Å². The summed E-state index contributed by atoms with van der Waals surface area (Å²) in [4.78, 5) is 13.0. The number of hydrogen-bond acceptors (Lipinski definition) is 14. The summed E-state index contributed by atoms with van der Waals surface area (Å²) in [5.41, 5.74) is 0. The summed E-state index contributed by atoms with van der Waals surface area (Å²) < 4.78 is 34.4. The van der Waals surface area contributed by atoms with E-state index in [9.17, 15) is 40.5 Å². The molecular formula is C56H108O14. The lowest BCUT2D eigenvalue weighted by atomic mass is 9.98. The van der Waals surface area contributed by atoms with Crippen molar-refractivity contribution >= 4 is 5.97 Å². The van der Waals surface area contributed by atoms with Crippen molar-refractivity contribution in [3.63, 3.8) is 0 Å². The molecule has 0 aliphatic carbocycles. The van der Waals surface area contributed by atoms with Crippen LogP contribution in [0.2, 0.25) is 0 Å². The van der Waals surface area contributed by atoms with Crippen molar-refractivity contribution < 1.29 is 69.0 Å². The van der Waals surface area contributed by atoms with Gasteiger partial charge in [-0.3, -0.25) is 4.79 Å². The molecule has 416 valence electrons. The van der Waals surface area contributed by atoms with Gasteiger partial charge >= 0.3 is 5.97 Å². The molecule has 14 heteroatoms. The van der Waals surface area contributed by atoms with E-state index in [0.29, 0.717) is 13.0 Å². The highest BCUT2D eigenvalue weighted by atomic mass is 16.7. The quantitative estimate of drug-likeness (QED) is 0.0223. The predicted octanol–water partition coefficient (Wildman–Crippen LogP) is 10.0. The number of carbonyl (C=O) groups excluding carboxylic acids is 1. The van der Waals surface area contributed by atoms with Gasteiger partial charge in [0.15, 0.2) is 12.6 Å². The summed E-state index contributed by atoms with van der Waals surface area (Å²) in [6.07, 6.45) is 30.4. The Balaban J connectivity index is 1.66. The summed E-state index contributed by atoms with van der Waals surface area (Å²) in [6.45, 7) is 3.75. The van der Waals surface area contributed by atoms with Crippen LogP contribution in [0.4, 0.5) is 0 Å². The first-order valence-corrected chi connectivity index (χ1v) is 29.1. The van der Waals surface area contributed by atoms with E-state index in [0.717, 1.165) is 38.5 Å². The normalized spacial score (nSPS) is 25.4. The summed E-state index contributed by atoms with van der Waals surface area (Å²) in [7, 11) is 0. The highest BCUT2D eigenvalue weighted by Gasteiger charge is 2.47. The molecule has 7 N–H and O–H groups in total. The van der Waals surface area contributed by atoms with Gasteiger partial charge in [-0.1, -0.05) is 232 Å². The first-order valence-electron chi connectivity index (χ1n) is 29.1. The number of hydrogen-bond donors (Lipinski definition) is 7. The van der Waals surface area contributed by atoms with Crippen molar-refractivity contribution in [3.05, 3.63) is 0 Å². The van der Waals surface area contributed by atoms with Crippen molar-refractivity contribution in [3.8, 4) is 0 Å².